The molecule has 2 aromatic carbocycles. The van der Waals surface area contributed by atoms with Gasteiger partial charge < -0.3 is 10.6 Å². The zero-order valence-electron chi connectivity index (χ0n) is 15.2. The first-order valence-electron chi connectivity index (χ1n) is 9.29. The predicted molar refractivity (Wildman–Crippen MR) is 115 cm³/mol. The van der Waals surface area contributed by atoms with Crippen LogP contribution in [0.25, 0.3) is 31.4 Å². The highest BCUT2D eigenvalue weighted by Gasteiger charge is 2.14. The lowest BCUT2D eigenvalue weighted by Gasteiger charge is -2.08. The quantitative estimate of drug-likeness (QED) is 0.479. The van der Waals surface area contributed by atoms with Crippen LogP contribution < -0.4 is 10.6 Å². The molecule has 5 rings (SSSR count). The van der Waals surface area contributed by atoms with Crippen molar-refractivity contribution in [2.24, 2.45) is 4.99 Å². The SMILES string of the molecule is O=C(CCC1=NCCN1)Nc1cc(-c2cc3ccccc3s2)c2[nH]ncc2c1. The molecular weight excluding hydrogens is 370 g/mol. The fourth-order valence-electron chi connectivity index (χ4n) is 3.51. The van der Waals surface area contributed by atoms with Gasteiger partial charge in [-0.15, -0.1) is 11.3 Å². The van der Waals surface area contributed by atoms with Gasteiger partial charge in [-0.25, -0.2) is 0 Å². The summed E-state index contributed by atoms with van der Waals surface area (Å²) in [6, 6.07) is 14.5. The van der Waals surface area contributed by atoms with Crippen molar-refractivity contribution in [2.45, 2.75) is 12.8 Å². The average Bonchev–Trinajstić information content (AvgIpc) is 3.45. The normalized spacial score (nSPS) is 13.6. The van der Waals surface area contributed by atoms with E-state index in [-0.39, 0.29) is 5.91 Å². The van der Waals surface area contributed by atoms with Crippen molar-refractivity contribution < 1.29 is 4.79 Å². The van der Waals surface area contributed by atoms with E-state index in [1.807, 2.05) is 18.2 Å². The van der Waals surface area contributed by atoms with Gasteiger partial charge in [0.15, 0.2) is 0 Å². The third-order valence-corrected chi connectivity index (χ3v) is 6.01. The largest absolute Gasteiger partial charge is 0.372 e. The maximum Gasteiger partial charge on any atom is 0.224 e. The fraction of sp³-hybridized carbons (Fsp3) is 0.190. The number of carbonyl (C=O) groups is 1. The number of carbonyl (C=O) groups excluding carboxylic acids is 1. The standard InChI is InChI=1S/C21H19N5OS/c27-20(6-5-19-22-7-8-23-19)25-15-9-14-12-24-26-21(14)16(11-15)18-10-13-3-1-2-4-17(13)28-18/h1-4,9-12H,5-8H2,(H,22,23)(H,24,26)(H,25,27). The number of H-pyrrole nitrogens is 1. The zero-order valence-corrected chi connectivity index (χ0v) is 16.0. The number of hydrogen-bond donors (Lipinski definition) is 3. The molecule has 2 aromatic heterocycles. The van der Waals surface area contributed by atoms with Crippen LogP contribution in [0.1, 0.15) is 12.8 Å². The Bertz CT molecular complexity index is 1170. The Balaban J connectivity index is 1.44. The van der Waals surface area contributed by atoms with Crippen LogP contribution in [-0.4, -0.2) is 35.0 Å². The van der Waals surface area contributed by atoms with E-state index < -0.39 is 0 Å². The summed E-state index contributed by atoms with van der Waals surface area (Å²) in [6.45, 7) is 1.67. The van der Waals surface area contributed by atoms with Crippen molar-refractivity contribution in [3.63, 3.8) is 0 Å². The molecule has 7 heteroatoms. The second kappa shape index (κ2) is 7.09. The molecule has 0 spiro atoms. The highest BCUT2D eigenvalue weighted by atomic mass is 32.1. The van der Waals surface area contributed by atoms with Gasteiger partial charge in [-0.05, 0) is 29.7 Å². The second-order valence-corrected chi connectivity index (χ2v) is 7.89. The van der Waals surface area contributed by atoms with E-state index in [1.54, 1.807) is 17.5 Å². The number of aromatic nitrogens is 2. The van der Waals surface area contributed by atoms with E-state index in [1.165, 1.54) is 10.1 Å². The summed E-state index contributed by atoms with van der Waals surface area (Å²) >= 11 is 1.74. The fourth-order valence-corrected chi connectivity index (χ4v) is 4.59. The second-order valence-electron chi connectivity index (χ2n) is 6.81. The third-order valence-electron chi connectivity index (χ3n) is 4.86. The van der Waals surface area contributed by atoms with Gasteiger partial charge in [-0.3, -0.25) is 14.9 Å². The molecule has 0 radical (unpaired) electrons. The molecule has 0 fully saturated rings. The summed E-state index contributed by atoms with van der Waals surface area (Å²) in [5, 5.41) is 15.7. The number of aromatic amines is 1. The molecule has 140 valence electrons. The van der Waals surface area contributed by atoms with E-state index in [4.69, 9.17) is 0 Å². The minimum absolute atomic E-state index is 0.0125. The molecule has 0 saturated heterocycles. The Morgan fingerprint density at radius 2 is 2.11 bits per heavy atom. The van der Waals surface area contributed by atoms with Gasteiger partial charge in [0, 0.05) is 45.6 Å². The minimum atomic E-state index is -0.0125. The summed E-state index contributed by atoms with van der Waals surface area (Å²) in [6.07, 6.45) is 2.84. The summed E-state index contributed by atoms with van der Waals surface area (Å²) in [7, 11) is 0. The molecule has 28 heavy (non-hydrogen) atoms. The molecule has 0 bridgehead atoms. The summed E-state index contributed by atoms with van der Waals surface area (Å²) in [4.78, 5) is 17.9. The van der Waals surface area contributed by atoms with Gasteiger partial charge in [0.1, 0.15) is 0 Å². The Morgan fingerprint density at radius 3 is 2.96 bits per heavy atom. The first-order chi connectivity index (χ1) is 13.8. The smallest absolute Gasteiger partial charge is 0.224 e. The number of benzene rings is 2. The maximum absolute atomic E-state index is 12.4. The highest BCUT2D eigenvalue weighted by molar-refractivity contribution is 7.22. The van der Waals surface area contributed by atoms with E-state index in [2.05, 4.69) is 50.1 Å². The number of thiophene rings is 1. The van der Waals surface area contributed by atoms with Crippen LogP contribution in [0.2, 0.25) is 0 Å². The molecule has 3 N–H and O–H groups in total. The van der Waals surface area contributed by atoms with E-state index >= 15 is 0 Å². The molecular formula is C21H19N5OS. The Morgan fingerprint density at radius 1 is 1.18 bits per heavy atom. The number of fused-ring (bicyclic) bond motifs is 2. The van der Waals surface area contributed by atoms with E-state index in [0.29, 0.717) is 12.8 Å². The molecule has 0 aliphatic carbocycles. The van der Waals surface area contributed by atoms with E-state index in [9.17, 15) is 4.79 Å². The first kappa shape index (κ1) is 16.9. The number of nitrogens with one attached hydrogen (secondary N) is 3. The molecule has 3 heterocycles. The molecule has 6 nitrogen and oxygen atoms in total. The molecule has 1 amide bonds. The van der Waals surface area contributed by atoms with Gasteiger partial charge in [-0.2, -0.15) is 5.10 Å². The van der Waals surface area contributed by atoms with Gasteiger partial charge in [-0.1, -0.05) is 18.2 Å². The maximum atomic E-state index is 12.4. The van der Waals surface area contributed by atoms with Crippen molar-refractivity contribution in [1.82, 2.24) is 15.5 Å². The van der Waals surface area contributed by atoms with Crippen LogP contribution in [0.5, 0.6) is 0 Å². The predicted octanol–water partition coefficient (Wildman–Crippen LogP) is 4.17. The van der Waals surface area contributed by atoms with Crippen LogP contribution in [0.4, 0.5) is 5.69 Å². The summed E-state index contributed by atoms with van der Waals surface area (Å²) in [5.41, 5.74) is 2.81. The van der Waals surface area contributed by atoms with Crippen molar-refractivity contribution in [2.75, 3.05) is 18.4 Å². The molecule has 1 aliphatic rings. The lowest BCUT2D eigenvalue weighted by Crippen LogP contribution is -2.21. The molecule has 4 aromatic rings. The number of rotatable bonds is 5. The van der Waals surface area contributed by atoms with Crippen LogP contribution in [-0.2, 0) is 4.79 Å². The van der Waals surface area contributed by atoms with Gasteiger partial charge >= 0.3 is 0 Å². The lowest BCUT2D eigenvalue weighted by atomic mass is 10.1. The molecule has 0 unspecified atom stereocenters. The molecule has 0 saturated carbocycles. The van der Waals surface area contributed by atoms with Gasteiger partial charge in [0.2, 0.25) is 5.91 Å². The van der Waals surface area contributed by atoms with Gasteiger partial charge in [0.25, 0.3) is 0 Å². The minimum Gasteiger partial charge on any atom is -0.372 e. The van der Waals surface area contributed by atoms with E-state index in [0.717, 1.165) is 46.0 Å². The van der Waals surface area contributed by atoms with Crippen molar-refractivity contribution in [3.8, 4) is 10.4 Å². The van der Waals surface area contributed by atoms with Crippen LogP contribution in [0.3, 0.4) is 0 Å². The van der Waals surface area contributed by atoms with Crippen molar-refractivity contribution in [3.05, 3.63) is 48.7 Å². The van der Waals surface area contributed by atoms with Crippen molar-refractivity contribution >= 4 is 49.8 Å². The summed E-state index contributed by atoms with van der Waals surface area (Å²) in [5.74, 6) is 0.910. The number of nitrogens with zero attached hydrogens (tertiary/aromatic N) is 2. The Hall–Kier alpha value is -3.19. The summed E-state index contributed by atoms with van der Waals surface area (Å²) < 4.78 is 1.24. The van der Waals surface area contributed by atoms with Gasteiger partial charge in [0.05, 0.1) is 24.1 Å². The number of anilines is 1. The Kier molecular flexibility index (Phi) is 4.29. The Labute approximate surface area is 165 Å². The van der Waals surface area contributed by atoms with Crippen LogP contribution in [0, 0.1) is 0 Å². The zero-order chi connectivity index (χ0) is 18.9. The first-order valence-corrected chi connectivity index (χ1v) is 10.1. The number of aliphatic imine (C=N–C) groups is 1. The van der Waals surface area contributed by atoms with Crippen LogP contribution >= 0.6 is 11.3 Å². The monoisotopic (exact) mass is 389 g/mol. The third kappa shape index (κ3) is 3.25. The number of hydrogen-bond acceptors (Lipinski definition) is 5. The molecule has 1 aliphatic heterocycles. The topological polar surface area (TPSA) is 82.2 Å². The lowest BCUT2D eigenvalue weighted by molar-refractivity contribution is -0.116. The molecule has 0 atom stereocenters. The highest BCUT2D eigenvalue weighted by Crippen LogP contribution is 2.38. The number of amides is 1. The van der Waals surface area contributed by atoms with Crippen LogP contribution in [0.15, 0.2) is 53.7 Å². The van der Waals surface area contributed by atoms with Crippen molar-refractivity contribution in [1.29, 1.82) is 0 Å². The number of amidine groups is 1. The average molecular weight is 389 g/mol.